The first-order valence-corrected chi connectivity index (χ1v) is 11.4. The molecule has 1 N–H and O–H groups in total. The molecule has 194 valence electrons. The Morgan fingerprint density at radius 2 is 1.81 bits per heavy atom. The summed E-state index contributed by atoms with van der Waals surface area (Å²) >= 11 is 0. The Bertz CT molecular complexity index is 1150. The van der Waals surface area contributed by atoms with Gasteiger partial charge in [-0.1, -0.05) is 55.4 Å². The summed E-state index contributed by atoms with van der Waals surface area (Å²) in [5, 5.41) is 9.25. The number of alkyl halides is 3. The summed E-state index contributed by atoms with van der Waals surface area (Å²) in [4.78, 5) is 23.6. The van der Waals surface area contributed by atoms with Crippen LogP contribution in [-0.2, 0) is 4.79 Å². The molecule has 8 heteroatoms. The van der Waals surface area contributed by atoms with Gasteiger partial charge < -0.3 is 14.6 Å². The summed E-state index contributed by atoms with van der Waals surface area (Å²) in [7, 11) is 0. The van der Waals surface area contributed by atoms with E-state index in [0.717, 1.165) is 36.6 Å². The van der Waals surface area contributed by atoms with Gasteiger partial charge in [0.15, 0.2) is 0 Å². The molecule has 0 aliphatic heterocycles. The molecule has 0 amide bonds. The van der Waals surface area contributed by atoms with Gasteiger partial charge in [-0.15, -0.1) is 13.2 Å². The molecule has 0 unspecified atom stereocenters. The number of allylic oxidation sites excluding steroid dienone is 9. The van der Waals surface area contributed by atoms with Crippen LogP contribution in [-0.4, -0.2) is 23.4 Å². The van der Waals surface area contributed by atoms with E-state index >= 15 is 0 Å². The normalized spacial score (nSPS) is 17.1. The fraction of sp³-hybridized carbons (Fsp3) is 0.357. The van der Waals surface area contributed by atoms with Crippen LogP contribution < -0.4 is 9.47 Å². The van der Waals surface area contributed by atoms with E-state index in [0.29, 0.717) is 11.6 Å². The second-order valence-corrected chi connectivity index (χ2v) is 9.35. The molecule has 0 saturated heterocycles. The van der Waals surface area contributed by atoms with E-state index in [1.165, 1.54) is 17.6 Å². The number of carboxylic acids is 1. The standard InChI is InChI=1S/C28H31F3O5/c1-18(11-13-23-20(3)10-7-15-27(23,4)5)8-6-9-19(2)16-25(32)35-24-14-12-21(36-28(29,30)31)17-22(24)26(33)34/h6,8-9,11-14,16-17H,7,10,15H2,1-5H3,(H,33,34)/b9-6+,13-11+,18-8+,19-16+. The molecule has 2 rings (SSSR count). The Balaban J connectivity index is 2.06. The van der Waals surface area contributed by atoms with E-state index in [2.05, 4.69) is 37.7 Å². The lowest BCUT2D eigenvalue weighted by Gasteiger charge is -2.32. The van der Waals surface area contributed by atoms with Gasteiger partial charge in [0.1, 0.15) is 17.1 Å². The van der Waals surface area contributed by atoms with Gasteiger partial charge in [0.05, 0.1) is 0 Å². The van der Waals surface area contributed by atoms with Crippen molar-refractivity contribution in [1.82, 2.24) is 0 Å². The minimum Gasteiger partial charge on any atom is -0.478 e. The monoisotopic (exact) mass is 504 g/mol. The van der Waals surface area contributed by atoms with Crippen LogP contribution in [0.4, 0.5) is 13.2 Å². The second-order valence-electron chi connectivity index (χ2n) is 9.35. The van der Waals surface area contributed by atoms with Crippen molar-refractivity contribution in [2.75, 3.05) is 0 Å². The second kappa shape index (κ2) is 11.9. The van der Waals surface area contributed by atoms with E-state index in [1.807, 2.05) is 13.0 Å². The number of esters is 1. The fourth-order valence-corrected chi connectivity index (χ4v) is 3.97. The summed E-state index contributed by atoms with van der Waals surface area (Å²) in [6, 6.07) is 2.44. The highest BCUT2D eigenvalue weighted by Crippen LogP contribution is 2.40. The Morgan fingerprint density at radius 3 is 2.42 bits per heavy atom. The number of benzene rings is 1. The molecule has 0 heterocycles. The van der Waals surface area contributed by atoms with E-state index in [1.54, 1.807) is 19.1 Å². The average Bonchev–Trinajstić information content (AvgIpc) is 2.72. The molecule has 0 aromatic heterocycles. The largest absolute Gasteiger partial charge is 0.573 e. The molecule has 1 aromatic carbocycles. The molecule has 0 bridgehead atoms. The van der Waals surface area contributed by atoms with Gasteiger partial charge in [-0.05, 0) is 74.8 Å². The maximum absolute atomic E-state index is 12.4. The first-order chi connectivity index (χ1) is 16.7. The Hall–Kier alpha value is -3.55. The van der Waals surface area contributed by atoms with Crippen LogP contribution in [0.15, 0.2) is 76.9 Å². The number of halogens is 3. The van der Waals surface area contributed by atoms with Crippen LogP contribution in [0.2, 0.25) is 0 Å². The number of carbonyl (C=O) groups excluding carboxylic acids is 1. The quantitative estimate of drug-likeness (QED) is 0.170. The highest BCUT2D eigenvalue weighted by atomic mass is 19.4. The maximum atomic E-state index is 12.4. The molecular weight excluding hydrogens is 473 g/mol. The Labute approximate surface area is 209 Å². The number of carboxylic acid groups (broad SMARTS) is 1. The van der Waals surface area contributed by atoms with Gasteiger partial charge >= 0.3 is 18.3 Å². The van der Waals surface area contributed by atoms with Gasteiger partial charge in [-0.2, -0.15) is 0 Å². The Kier molecular flexibility index (Phi) is 9.50. The number of rotatable bonds is 8. The third kappa shape index (κ3) is 8.91. The van der Waals surface area contributed by atoms with Crippen LogP contribution in [0.25, 0.3) is 0 Å². The van der Waals surface area contributed by atoms with E-state index in [-0.39, 0.29) is 5.41 Å². The highest BCUT2D eigenvalue weighted by Gasteiger charge is 2.32. The summed E-state index contributed by atoms with van der Waals surface area (Å²) in [6.45, 7) is 10.3. The first kappa shape index (κ1) is 28.7. The van der Waals surface area contributed by atoms with Crippen molar-refractivity contribution in [3.05, 3.63) is 82.5 Å². The lowest BCUT2D eigenvalue weighted by molar-refractivity contribution is -0.274. The van der Waals surface area contributed by atoms with Crippen LogP contribution in [0.1, 0.15) is 64.2 Å². The molecule has 0 radical (unpaired) electrons. The highest BCUT2D eigenvalue weighted by molar-refractivity contribution is 5.94. The van der Waals surface area contributed by atoms with Gasteiger partial charge in [-0.25, -0.2) is 9.59 Å². The van der Waals surface area contributed by atoms with Crippen molar-refractivity contribution in [3.63, 3.8) is 0 Å². The van der Waals surface area contributed by atoms with Crippen LogP contribution in [0, 0.1) is 5.41 Å². The average molecular weight is 505 g/mol. The zero-order valence-electron chi connectivity index (χ0n) is 21.0. The van der Waals surface area contributed by atoms with Crippen LogP contribution in [0.5, 0.6) is 11.5 Å². The van der Waals surface area contributed by atoms with Crippen molar-refractivity contribution in [1.29, 1.82) is 0 Å². The summed E-state index contributed by atoms with van der Waals surface area (Å²) < 4.78 is 45.9. The molecule has 1 aromatic rings. The molecule has 5 nitrogen and oxygen atoms in total. The molecule has 0 saturated carbocycles. The smallest absolute Gasteiger partial charge is 0.478 e. The number of ether oxygens (including phenoxy) is 2. The molecule has 1 aliphatic rings. The first-order valence-electron chi connectivity index (χ1n) is 11.4. The van der Waals surface area contributed by atoms with Crippen molar-refractivity contribution >= 4 is 11.9 Å². The number of aromatic carboxylic acids is 1. The van der Waals surface area contributed by atoms with Gasteiger partial charge in [-0.3, -0.25) is 0 Å². The van der Waals surface area contributed by atoms with Crippen molar-refractivity contribution in [2.45, 2.75) is 60.2 Å². The molecule has 36 heavy (non-hydrogen) atoms. The third-order valence-corrected chi connectivity index (χ3v) is 5.74. The van der Waals surface area contributed by atoms with Gasteiger partial charge in [0.25, 0.3) is 0 Å². The topological polar surface area (TPSA) is 72.8 Å². The lowest BCUT2D eigenvalue weighted by atomic mass is 9.72. The third-order valence-electron chi connectivity index (χ3n) is 5.74. The molecule has 0 spiro atoms. The number of hydrogen-bond acceptors (Lipinski definition) is 4. The van der Waals surface area contributed by atoms with E-state index in [4.69, 9.17) is 4.74 Å². The minimum atomic E-state index is -4.98. The number of carbonyl (C=O) groups is 2. The lowest BCUT2D eigenvalue weighted by Crippen LogP contribution is -2.19. The number of hydrogen-bond donors (Lipinski definition) is 1. The predicted octanol–water partition coefficient (Wildman–Crippen LogP) is 7.72. The van der Waals surface area contributed by atoms with Crippen molar-refractivity contribution in [3.8, 4) is 11.5 Å². The van der Waals surface area contributed by atoms with Crippen LogP contribution in [0.3, 0.4) is 0 Å². The van der Waals surface area contributed by atoms with Gasteiger partial charge in [0.2, 0.25) is 0 Å². The summed E-state index contributed by atoms with van der Waals surface area (Å²) in [5.74, 6) is -3.57. The zero-order chi connectivity index (χ0) is 27.1. The minimum absolute atomic E-state index is 0.154. The van der Waals surface area contributed by atoms with Crippen molar-refractivity contribution in [2.24, 2.45) is 5.41 Å². The van der Waals surface area contributed by atoms with Crippen molar-refractivity contribution < 1.29 is 37.3 Å². The molecule has 1 aliphatic carbocycles. The van der Waals surface area contributed by atoms with Gasteiger partial charge in [0, 0.05) is 6.08 Å². The maximum Gasteiger partial charge on any atom is 0.573 e. The SMILES string of the molecule is CC1=C(/C=C/C(C)=C/C=C/C(C)=C/C(=O)Oc2ccc(OC(F)(F)F)cc2C(=O)O)C(C)(C)CCC1. The summed E-state index contributed by atoms with van der Waals surface area (Å²) in [6.07, 6.45) is 9.24. The fourth-order valence-electron chi connectivity index (χ4n) is 3.97. The molecule has 0 atom stereocenters. The summed E-state index contributed by atoms with van der Waals surface area (Å²) in [5.41, 5.74) is 3.86. The van der Waals surface area contributed by atoms with E-state index < -0.39 is 35.4 Å². The zero-order valence-corrected chi connectivity index (χ0v) is 21.0. The molecule has 0 fully saturated rings. The predicted molar refractivity (Wildman–Crippen MR) is 132 cm³/mol. The van der Waals surface area contributed by atoms with E-state index in [9.17, 15) is 27.9 Å². The van der Waals surface area contributed by atoms with Crippen LogP contribution >= 0.6 is 0 Å². The molecular formula is C28H31F3O5. The Morgan fingerprint density at radius 1 is 1.11 bits per heavy atom.